The summed E-state index contributed by atoms with van der Waals surface area (Å²) in [7, 11) is -1.09. The first-order valence-corrected chi connectivity index (χ1v) is 5.73. The molecule has 0 fully saturated rings. The molecule has 0 radical (unpaired) electrons. The summed E-state index contributed by atoms with van der Waals surface area (Å²) in [6, 6.07) is 6.75. The van der Waals surface area contributed by atoms with Gasteiger partial charge in [-0.3, -0.25) is 0 Å². The smallest absolute Gasteiger partial charge is 0.491 e. The second-order valence-electron chi connectivity index (χ2n) is 4.23. The topological polar surface area (TPSA) is 69.9 Å². The fourth-order valence-electron chi connectivity index (χ4n) is 1.97. The Balaban J connectivity index is 2.17. The molecule has 1 aromatic rings. The molecule has 1 unspecified atom stereocenters. The van der Waals surface area contributed by atoms with Crippen LogP contribution in [0.25, 0.3) is 0 Å². The Kier molecular flexibility index (Phi) is 3.86. The lowest BCUT2D eigenvalue weighted by atomic mass is 9.71. The van der Waals surface area contributed by atoms with Gasteiger partial charge in [0.2, 0.25) is 0 Å². The number of phenols is 1. The van der Waals surface area contributed by atoms with E-state index in [4.69, 9.17) is 9.76 Å². The van der Waals surface area contributed by atoms with Gasteiger partial charge in [0.15, 0.2) is 0 Å². The fourth-order valence-corrected chi connectivity index (χ4v) is 1.97. The van der Waals surface area contributed by atoms with Crippen LogP contribution in [-0.2, 0) is 4.65 Å². The maximum absolute atomic E-state index is 9.85. The van der Waals surface area contributed by atoms with Gasteiger partial charge < -0.3 is 19.9 Å². The molecule has 0 bridgehead atoms. The van der Waals surface area contributed by atoms with Crippen molar-refractivity contribution in [3.05, 3.63) is 53.5 Å². The Morgan fingerprint density at radius 3 is 2.89 bits per heavy atom. The third-order valence-electron chi connectivity index (χ3n) is 2.95. The van der Waals surface area contributed by atoms with Gasteiger partial charge in [0.1, 0.15) is 5.75 Å². The minimum Gasteiger partial charge on any atom is -0.508 e. The van der Waals surface area contributed by atoms with E-state index >= 15 is 0 Å². The predicted molar refractivity (Wildman–Crippen MR) is 68.8 cm³/mol. The van der Waals surface area contributed by atoms with E-state index in [9.17, 15) is 10.1 Å². The molecular formula is C13H15BO4. The molecule has 1 aliphatic rings. The van der Waals surface area contributed by atoms with Crippen LogP contribution in [0.2, 0.25) is 0 Å². The number of phenolic OH excluding ortho intramolecular Hbond substituents is 1. The molecule has 0 saturated carbocycles. The van der Waals surface area contributed by atoms with E-state index in [0.29, 0.717) is 17.5 Å². The third kappa shape index (κ3) is 2.64. The van der Waals surface area contributed by atoms with Crippen LogP contribution >= 0.6 is 0 Å². The van der Waals surface area contributed by atoms with E-state index < -0.39 is 7.12 Å². The highest BCUT2D eigenvalue weighted by molar-refractivity contribution is 6.54. The summed E-state index contributed by atoms with van der Waals surface area (Å²) in [6.07, 6.45) is 2.07. The second kappa shape index (κ2) is 5.39. The molecule has 1 aliphatic heterocycles. The maximum Gasteiger partial charge on any atom is 0.491 e. The molecule has 0 aromatic heterocycles. The molecule has 4 nitrogen and oxygen atoms in total. The lowest BCUT2D eigenvalue weighted by molar-refractivity contribution is 0.167. The quantitative estimate of drug-likeness (QED) is 0.704. The number of rotatable bonds is 3. The number of hydrogen-bond donors (Lipinski definition) is 3. The van der Waals surface area contributed by atoms with E-state index in [-0.39, 0.29) is 18.5 Å². The van der Waals surface area contributed by atoms with E-state index in [1.54, 1.807) is 24.3 Å². The van der Waals surface area contributed by atoms with Crippen molar-refractivity contribution in [2.75, 3.05) is 6.61 Å². The largest absolute Gasteiger partial charge is 0.508 e. The average Bonchev–Trinajstić information content (AvgIpc) is 2.37. The van der Waals surface area contributed by atoms with Crippen molar-refractivity contribution in [3.63, 3.8) is 0 Å². The lowest BCUT2D eigenvalue weighted by Gasteiger charge is -2.26. The van der Waals surface area contributed by atoms with Crippen LogP contribution in [0.15, 0.2) is 48.0 Å². The van der Waals surface area contributed by atoms with Crippen molar-refractivity contribution < 1.29 is 19.9 Å². The molecule has 0 aliphatic carbocycles. The molecule has 3 N–H and O–H groups in total. The molecule has 18 heavy (non-hydrogen) atoms. The summed E-state index contributed by atoms with van der Waals surface area (Å²) in [6.45, 7) is 3.46. The van der Waals surface area contributed by atoms with Gasteiger partial charge in [-0.05, 0) is 35.2 Å². The Bertz CT molecular complexity index is 484. The van der Waals surface area contributed by atoms with Gasteiger partial charge >= 0.3 is 7.12 Å². The Morgan fingerprint density at radius 2 is 2.28 bits per heavy atom. The average molecular weight is 246 g/mol. The maximum atomic E-state index is 9.85. The van der Waals surface area contributed by atoms with Crippen molar-refractivity contribution >= 4 is 7.12 Å². The number of hydrogen-bond acceptors (Lipinski definition) is 4. The molecule has 0 amide bonds. The molecule has 0 spiro atoms. The van der Waals surface area contributed by atoms with Crippen LogP contribution in [0.5, 0.6) is 5.75 Å². The number of aliphatic hydroxyl groups is 1. The monoisotopic (exact) mass is 246 g/mol. The van der Waals surface area contributed by atoms with Gasteiger partial charge in [-0.25, -0.2) is 0 Å². The molecule has 1 atom stereocenters. The summed E-state index contributed by atoms with van der Waals surface area (Å²) in [5.74, 6) is 0.167. The van der Waals surface area contributed by atoms with Crippen LogP contribution in [-0.4, -0.2) is 29.0 Å². The molecule has 2 rings (SSSR count). The van der Waals surface area contributed by atoms with Crippen LogP contribution in [0.4, 0.5) is 0 Å². The summed E-state index contributed by atoms with van der Waals surface area (Å²) in [4.78, 5) is 0. The zero-order valence-corrected chi connectivity index (χ0v) is 9.91. The first-order valence-electron chi connectivity index (χ1n) is 5.73. The van der Waals surface area contributed by atoms with E-state index in [2.05, 4.69) is 6.58 Å². The Hall–Kier alpha value is -1.56. The zero-order valence-electron chi connectivity index (χ0n) is 9.91. The highest BCUT2D eigenvalue weighted by Gasteiger charge is 2.30. The van der Waals surface area contributed by atoms with E-state index in [1.807, 2.05) is 6.07 Å². The first kappa shape index (κ1) is 12.9. The van der Waals surface area contributed by atoms with Gasteiger partial charge in [0.25, 0.3) is 0 Å². The predicted octanol–water partition coefficient (Wildman–Crippen LogP) is 1.35. The summed E-state index contributed by atoms with van der Waals surface area (Å²) >= 11 is 0. The van der Waals surface area contributed by atoms with Gasteiger partial charge in [0, 0.05) is 0 Å². The number of aliphatic hydroxyl groups excluding tert-OH is 1. The van der Waals surface area contributed by atoms with Crippen LogP contribution in [0.1, 0.15) is 18.1 Å². The SMILES string of the molecule is C=C(CO)C1=CCC(c2cccc(O)c2)OB1O. The summed E-state index contributed by atoms with van der Waals surface area (Å²) in [5.41, 5.74) is 1.78. The summed E-state index contributed by atoms with van der Waals surface area (Å²) < 4.78 is 5.47. The van der Waals surface area contributed by atoms with Crippen LogP contribution in [0.3, 0.4) is 0 Å². The minimum atomic E-state index is -1.09. The van der Waals surface area contributed by atoms with Gasteiger partial charge in [-0.1, -0.05) is 24.8 Å². The standard InChI is InChI=1S/C13H15BO4/c1-9(8-15)12-5-6-13(18-14(12)17)10-3-2-4-11(16)7-10/h2-5,7,13,15-17H,1,6,8H2. The van der Waals surface area contributed by atoms with Gasteiger partial charge in [-0.15, -0.1) is 0 Å². The van der Waals surface area contributed by atoms with E-state index in [0.717, 1.165) is 5.56 Å². The van der Waals surface area contributed by atoms with Crippen molar-refractivity contribution in [1.29, 1.82) is 0 Å². The second-order valence-corrected chi connectivity index (χ2v) is 4.23. The van der Waals surface area contributed by atoms with E-state index in [1.165, 1.54) is 0 Å². The highest BCUT2D eigenvalue weighted by atomic mass is 16.5. The molecule has 1 aromatic carbocycles. The molecule has 0 saturated heterocycles. The summed E-state index contributed by atoms with van der Waals surface area (Å²) in [5, 5.41) is 28.2. The molecule has 1 heterocycles. The number of aromatic hydroxyl groups is 1. The lowest BCUT2D eigenvalue weighted by Crippen LogP contribution is -2.29. The fraction of sp³-hybridized carbons (Fsp3) is 0.231. The van der Waals surface area contributed by atoms with Crippen LogP contribution < -0.4 is 0 Å². The normalized spacial score (nSPS) is 19.6. The molecule has 94 valence electrons. The van der Waals surface area contributed by atoms with Gasteiger partial charge in [-0.2, -0.15) is 0 Å². The van der Waals surface area contributed by atoms with Crippen molar-refractivity contribution in [2.45, 2.75) is 12.5 Å². The highest BCUT2D eigenvalue weighted by Crippen LogP contribution is 2.31. The Morgan fingerprint density at radius 1 is 1.50 bits per heavy atom. The van der Waals surface area contributed by atoms with Crippen molar-refractivity contribution in [1.82, 2.24) is 0 Å². The molecule has 5 heteroatoms. The zero-order chi connectivity index (χ0) is 13.1. The van der Waals surface area contributed by atoms with Gasteiger partial charge in [0.05, 0.1) is 12.7 Å². The Labute approximate surface area is 106 Å². The molecular weight excluding hydrogens is 231 g/mol. The first-order chi connectivity index (χ1) is 8.61. The number of benzene rings is 1. The third-order valence-corrected chi connectivity index (χ3v) is 2.95. The van der Waals surface area contributed by atoms with Crippen molar-refractivity contribution in [2.24, 2.45) is 0 Å². The van der Waals surface area contributed by atoms with Crippen molar-refractivity contribution in [3.8, 4) is 5.75 Å². The minimum absolute atomic E-state index is 0.167. The van der Waals surface area contributed by atoms with Crippen LogP contribution in [0, 0.1) is 0 Å².